The Morgan fingerprint density at radius 3 is 2.65 bits per heavy atom. The summed E-state index contributed by atoms with van der Waals surface area (Å²) in [5, 5.41) is 0. The van der Waals surface area contributed by atoms with Crippen molar-refractivity contribution in [3.8, 4) is 0 Å². The molecule has 0 N–H and O–H groups in total. The molecular formula is C15H24BNOPRb. The Labute approximate surface area is 176 Å². The summed E-state index contributed by atoms with van der Waals surface area (Å²) < 4.78 is 5.04. The summed E-state index contributed by atoms with van der Waals surface area (Å²) in [6, 6.07) is 9.53. The second-order valence-corrected chi connectivity index (χ2v) is 5.10. The topological polar surface area (TPSA) is 12.5 Å². The Hall–Kier alpha value is 0.990. The predicted octanol–water partition coefficient (Wildman–Crippen LogP) is -0.253. The largest absolute Gasteiger partial charge is 1.00 e. The van der Waals surface area contributed by atoms with Gasteiger partial charge in [0.2, 0.25) is 0 Å². The van der Waals surface area contributed by atoms with Crippen LogP contribution in [0.15, 0.2) is 24.3 Å². The molecule has 1 fully saturated rings. The molecule has 0 saturated carbocycles. The van der Waals surface area contributed by atoms with Gasteiger partial charge in [0.05, 0.1) is 0 Å². The van der Waals surface area contributed by atoms with Crippen LogP contribution >= 0.6 is 9.90 Å². The standard InChI is InChI=1S/C15H22BNO.H2P.Rb/c1-13-6-8-14(9-7-13)11-15-5-3-4-10-17(15)16-12-18-2;;/h6-9,12,15H,3-5,10-11H2,1-2H3;1H2;/q;-1;+1/t15-;;/m0../s1. The number of aryl methyl sites for hydroxylation is 1. The minimum absolute atomic E-state index is 0. The maximum absolute atomic E-state index is 5.04. The zero-order valence-electron chi connectivity index (χ0n) is 13.0. The molecule has 0 unspecified atom stereocenters. The molecule has 0 aliphatic carbocycles. The zero-order chi connectivity index (χ0) is 12.8. The van der Waals surface area contributed by atoms with Crippen LogP contribution in [0.5, 0.6) is 0 Å². The Morgan fingerprint density at radius 2 is 2.00 bits per heavy atom. The van der Waals surface area contributed by atoms with E-state index in [1.807, 2.05) is 0 Å². The molecule has 1 aliphatic heterocycles. The van der Waals surface area contributed by atoms with E-state index in [9.17, 15) is 0 Å². The van der Waals surface area contributed by atoms with E-state index in [0.717, 1.165) is 13.0 Å². The summed E-state index contributed by atoms with van der Waals surface area (Å²) in [6.45, 7) is 3.29. The molecule has 1 aromatic rings. The summed E-state index contributed by atoms with van der Waals surface area (Å²) in [4.78, 5) is 2.42. The minimum atomic E-state index is 0. The van der Waals surface area contributed by atoms with Crippen molar-refractivity contribution in [2.45, 2.75) is 38.6 Å². The van der Waals surface area contributed by atoms with E-state index in [0.29, 0.717) is 6.04 Å². The molecule has 0 aromatic heterocycles. The van der Waals surface area contributed by atoms with Crippen LogP contribution in [0.25, 0.3) is 0 Å². The van der Waals surface area contributed by atoms with Gasteiger partial charge in [0.25, 0.3) is 0 Å². The van der Waals surface area contributed by atoms with E-state index in [4.69, 9.17) is 4.74 Å². The quantitative estimate of drug-likeness (QED) is 0.542. The average molecular weight is 362 g/mol. The monoisotopic (exact) mass is 361 g/mol. The molecule has 0 spiro atoms. The predicted molar refractivity (Wildman–Crippen MR) is 87.8 cm³/mol. The molecule has 104 valence electrons. The third-order valence-corrected chi connectivity index (χ3v) is 3.65. The van der Waals surface area contributed by atoms with Crippen LogP contribution in [-0.4, -0.2) is 37.7 Å². The molecule has 0 amide bonds. The maximum atomic E-state index is 5.04. The third kappa shape index (κ3) is 6.83. The van der Waals surface area contributed by atoms with Gasteiger partial charge in [-0.05, 0) is 0 Å². The first-order valence-corrected chi connectivity index (χ1v) is 6.80. The van der Waals surface area contributed by atoms with Crippen LogP contribution in [-0.2, 0) is 11.2 Å². The van der Waals surface area contributed by atoms with E-state index in [1.54, 1.807) is 13.3 Å². The summed E-state index contributed by atoms with van der Waals surface area (Å²) in [7, 11) is 3.80. The van der Waals surface area contributed by atoms with Gasteiger partial charge < -0.3 is 9.90 Å². The first-order valence-electron chi connectivity index (χ1n) is 6.80. The molecule has 1 aromatic carbocycles. The van der Waals surface area contributed by atoms with Gasteiger partial charge in [-0.3, -0.25) is 0 Å². The van der Waals surface area contributed by atoms with Gasteiger partial charge in [-0.2, -0.15) is 0 Å². The number of piperidine rings is 1. The Morgan fingerprint density at radius 1 is 1.30 bits per heavy atom. The van der Waals surface area contributed by atoms with E-state index in [1.165, 1.54) is 30.4 Å². The van der Waals surface area contributed by atoms with Crippen LogP contribution < -0.4 is 58.2 Å². The van der Waals surface area contributed by atoms with E-state index < -0.39 is 0 Å². The number of rotatable bonds is 4. The number of hydrogen-bond acceptors (Lipinski definition) is 2. The Bertz CT molecular complexity index is 399. The number of benzene rings is 1. The van der Waals surface area contributed by atoms with E-state index in [2.05, 4.69) is 43.1 Å². The van der Waals surface area contributed by atoms with Gasteiger partial charge in [0, 0.05) is 0 Å². The first-order chi connectivity index (χ1) is 8.79. The third-order valence-electron chi connectivity index (χ3n) is 3.65. The van der Waals surface area contributed by atoms with E-state index >= 15 is 0 Å². The van der Waals surface area contributed by atoms with Crippen molar-refractivity contribution in [2.24, 2.45) is 0 Å². The summed E-state index contributed by atoms with van der Waals surface area (Å²) >= 11 is 0. The van der Waals surface area contributed by atoms with Crippen molar-refractivity contribution in [1.29, 1.82) is 0 Å². The maximum Gasteiger partial charge on any atom is 1.00 e. The van der Waals surface area contributed by atoms with Gasteiger partial charge in [-0.25, -0.2) is 0 Å². The molecule has 2 nitrogen and oxygen atoms in total. The van der Waals surface area contributed by atoms with Gasteiger partial charge in [-0.15, -0.1) is 0 Å². The summed E-state index contributed by atoms with van der Waals surface area (Å²) in [6.07, 6.45) is 6.83. The SMILES string of the molecule is COC=BN1CCCC[C@H]1Cc1ccc(C)cc1.[PH2-].[Rb+]. The molecular weight excluding hydrogens is 337 g/mol. The Kier molecular flexibility index (Phi) is 12.1. The minimum Gasteiger partial charge on any atom is -0.577 e. The number of ether oxygens (including phenoxy) is 1. The molecule has 1 heterocycles. The molecule has 5 heteroatoms. The summed E-state index contributed by atoms with van der Waals surface area (Å²) in [5.41, 5.74) is 2.77. The molecule has 0 radical (unpaired) electrons. The van der Waals surface area contributed by atoms with Crippen LogP contribution in [0, 0.1) is 6.92 Å². The van der Waals surface area contributed by atoms with Crippen molar-refractivity contribution in [3.05, 3.63) is 35.4 Å². The molecule has 20 heavy (non-hydrogen) atoms. The smallest absolute Gasteiger partial charge is 0.577 e. The van der Waals surface area contributed by atoms with Crippen LogP contribution in [0.2, 0.25) is 0 Å². The van der Waals surface area contributed by atoms with Crippen molar-refractivity contribution in [1.82, 2.24) is 4.81 Å². The van der Waals surface area contributed by atoms with Crippen molar-refractivity contribution in [3.63, 3.8) is 0 Å². The molecule has 0 bridgehead atoms. The van der Waals surface area contributed by atoms with Gasteiger partial charge in [-0.1, -0.05) is 0 Å². The number of nitrogens with zero attached hydrogens (tertiary/aromatic N) is 1. The van der Waals surface area contributed by atoms with E-state index in [-0.39, 0.29) is 68.1 Å². The fourth-order valence-electron chi connectivity index (χ4n) is 2.57. The normalized spacial score (nSPS) is 17.9. The van der Waals surface area contributed by atoms with Gasteiger partial charge in [0.15, 0.2) is 0 Å². The Balaban J connectivity index is 0.00000180. The molecule has 1 aliphatic rings. The van der Waals surface area contributed by atoms with Crippen LogP contribution in [0.4, 0.5) is 0 Å². The second kappa shape index (κ2) is 11.5. The van der Waals surface area contributed by atoms with Crippen molar-refractivity contribution in [2.75, 3.05) is 13.7 Å². The van der Waals surface area contributed by atoms with Crippen LogP contribution in [0.1, 0.15) is 30.4 Å². The number of hydrogen-bond donors (Lipinski definition) is 0. The second-order valence-electron chi connectivity index (χ2n) is 5.10. The van der Waals surface area contributed by atoms with Gasteiger partial charge in [0.1, 0.15) is 0 Å². The number of methoxy groups -OCH3 is 1. The fraction of sp³-hybridized carbons (Fsp3) is 0.533. The van der Waals surface area contributed by atoms with Crippen molar-refractivity contribution >= 4 is 23.1 Å². The van der Waals surface area contributed by atoms with Gasteiger partial charge >= 0.3 is 169 Å². The average Bonchev–Trinajstić information content (AvgIpc) is 2.40. The zero-order valence-corrected chi connectivity index (χ0v) is 19.1. The summed E-state index contributed by atoms with van der Waals surface area (Å²) in [5.74, 6) is 0. The fourth-order valence-corrected chi connectivity index (χ4v) is 2.57. The van der Waals surface area contributed by atoms with Crippen LogP contribution in [0.3, 0.4) is 0 Å². The molecule has 1 atom stereocenters. The first kappa shape index (κ1) is 21.0. The van der Waals surface area contributed by atoms with Crippen molar-refractivity contribution < 1.29 is 62.9 Å². The molecule has 2 rings (SSSR count). The molecule has 1 saturated heterocycles.